The van der Waals surface area contributed by atoms with Gasteiger partial charge in [-0.2, -0.15) is 0 Å². The molecule has 21 heavy (non-hydrogen) atoms. The van der Waals surface area contributed by atoms with Gasteiger partial charge in [-0.05, 0) is 50.6 Å². The lowest BCUT2D eigenvalue weighted by Gasteiger charge is -2.19. The summed E-state index contributed by atoms with van der Waals surface area (Å²) < 4.78 is 10.4. The molecule has 0 N–H and O–H groups in total. The molecule has 0 saturated carbocycles. The number of esters is 1. The number of benzene rings is 1. The van der Waals surface area contributed by atoms with Crippen LogP contribution in [0.2, 0.25) is 0 Å². The Morgan fingerprint density at radius 3 is 2.38 bits per heavy atom. The standard InChI is InChI=1S/C14H17N3O4/c1-14(2,3)21-13(19)9-20-11-6-4-10(5-7-11)12(18)8-16-17-15/h4-7H,8-9H2,1-3H3. The van der Waals surface area contributed by atoms with Gasteiger partial charge >= 0.3 is 5.97 Å². The maximum absolute atomic E-state index is 11.6. The van der Waals surface area contributed by atoms with Crippen LogP contribution in [0.25, 0.3) is 10.4 Å². The monoisotopic (exact) mass is 291 g/mol. The van der Waals surface area contributed by atoms with Gasteiger partial charge in [-0.3, -0.25) is 4.79 Å². The van der Waals surface area contributed by atoms with Crippen LogP contribution in [0.4, 0.5) is 0 Å². The molecule has 1 aromatic rings. The molecule has 0 amide bonds. The number of hydrogen-bond donors (Lipinski definition) is 0. The Labute approximate surface area is 122 Å². The maximum atomic E-state index is 11.6. The molecule has 0 fully saturated rings. The van der Waals surface area contributed by atoms with E-state index < -0.39 is 11.6 Å². The highest BCUT2D eigenvalue weighted by Crippen LogP contribution is 2.14. The normalized spacial score (nSPS) is 10.4. The molecule has 0 atom stereocenters. The Kier molecular flexibility index (Phi) is 5.75. The summed E-state index contributed by atoms with van der Waals surface area (Å²) >= 11 is 0. The Morgan fingerprint density at radius 2 is 1.86 bits per heavy atom. The van der Waals surface area contributed by atoms with Crippen LogP contribution in [0.1, 0.15) is 31.1 Å². The molecule has 0 aliphatic rings. The third kappa shape index (κ3) is 6.44. The van der Waals surface area contributed by atoms with Gasteiger partial charge in [-0.1, -0.05) is 5.11 Å². The number of nitrogens with zero attached hydrogens (tertiary/aromatic N) is 3. The van der Waals surface area contributed by atoms with Crippen LogP contribution in [0.3, 0.4) is 0 Å². The quantitative estimate of drug-likeness (QED) is 0.264. The fourth-order valence-corrected chi connectivity index (χ4v) is 1.44. The van der Waals surface area contributed by atoms with Gasteiger partial charge in [-0.15, -0.1) is 0 Å². The Balaban J connectivity index is 2.53. The third-order valence-corrected chi connectivity index (χ3v) is 2.23. The molecular weight excluding hydrogens is 274 g/mol. The lowest BCUT2D eigenvalue weighted by molar-refractivity contribution is -0.157. The minimum absolute atomic E-state index is 0.205. The Hall–Kier alpha value is -2.53. The molecule has 1 aromatic carbocycles. The molecule has 0 saturated heterocycles. The van der Waals surface area contributed by atoms with Gasteiger partial charge in [-0.25, -0.2) is 4.79 Å². The summed E-state index contributed by atoms with van der Waals surface area (Å²) in [6.07, 6.45) is 0. The van der Waals surface area contributed by atoms with E-state index in [1.807, 2.05) is 0 Å². The summed E-state index contributed by atoms with van der Waals surface area (Å²) in [4.78, 5) is 25.6. The maximum Gasteiger partial charge on any atom is 0.344 e. The fraction of sp³-hybridized carbons (Fsp3) is 0.429. The van der Waals surface area contributed by atoms with Crippen molar-refractivity contribution in [3.05, 3.63) is 40.3 Å². The van der Waals surface area contributed by atoms with Crippen LogP contribution in [0, 0.1) is 0 Å². The second-order valence-corrected chi connectivity index (χ2v) is 5.21. The predicted molar refractivity (Wildman–Crippen MR) is 76.1 cm³/mol. The zero-order chi connectivity index (χ0) is 15.9. The molecule has 0 aromatic heterocycles. The predicted octanol–water partition coefficient (Wildman–Crippen LogP) is 2.90. The summed E-state index contributed by atoms with van der Waals surface area (Å²) in [6.45, 7) is 4.89. The first kappa shape index (κ1) is 16.5. The van der Waals surface area contributed by atoms with Crippen molar-refractivity contribution in [1.29, 1.82) is 0 Å². The zero-order valence-corrected chi connectivity index (χ0v) is 12.2. The number of Topliss-reactive ketones (excluding diaryl/α,β-unsaturated/α-hetero) is 1. The minimum Gasteiger partial charge on any atom is -0.482 e. The van der Waals surface area contributed by atoms with Gasteiger partial charge in [0.15, 0.2) is 12.4 Å². The number of ketones is 1. The van der Waals surface area contributed by atoms with Crippen molar-refractivity contribution >= 4 is 11.8 Å². The minimum atomic E-state index is -0.558. The Bertz CT molecular complexity index is 555. The van der Waals surface area contributed by atoms with Gasteiger partial charge < -0.3 is 9.47 Å². The van der Waals surface area contributed by atoms with Crippen LogP contribution in [0.15, 0.2) is 29.4 Å². The smallest absolute Gasteiger partial charge is 0.344 e. The summed E-state index contributed by atoms with van der Waals surface area (Å²) in [5.41, 5.74) is 8.00. The lowest BCUT2D eigenvalue weighted by atomic mass is 10.1. The van der Waals surface area contributed by atoms with E-state index in [-0.39, 0.29) is 18.9 Å². The van der Waals surface area contributed by atoms with Crippen molar-refractivity contribution in [3.63, 3.8) is 0 Å². The molecule has 0 aliphatic carbocycles. The molecule has 0 spiro atoms. The van der Waals surface area contributed by atoms with Crippen LogP contribution in [-0.2, 0) is 9.53 Å². The SMILES string of the molecule is CC(C)(C)OC(=O)COc1ccc(C(=O)CN=[N+]=[N-])cc1. The van der Waals surface area contributed by atoms with E-state index in [4.69, 9.17) is 15.0 Å². The molecule has 0 aliphatic heterocycles. The van der Waals surface area contributed by atoms with Crippen molar-refractivity contribution < 1.29 is 19.1 Å². The van der Waals surface area contributed by atoms with E-state index >= 15 is 0 Å². The number of azide groups is 1. The molecule has 0 heterocycles. The fourth-order valence-electron chi connectivity index (χ4n) is 1.44. The van der Waals surface area contributed by atoms with Crippen molar-refractivity contribution in [2.45, 2.75) is 26.4 Å². The average Bonchev–Trinajstić information content (AvgIpc) is 2.41. The molecule has 1 rings (SSSR count). The van der Waals surface area contributed by atoms with E-state index in [1.165, 1.54) is 0 Å². The molecule has 7 heteroatoms. The van der Waals surface area contributed by atoms with E-state index in [0.717, 1.165) is 0 Å². The second-order valence-electron chi connectivity index (χ2n) is 5.21. The van der Waals surface area contributed by atoms with Crippen LogP contribution < -0.4 is 4.74 Å². The van der Waals surface area contributed by atoms with E-state index in [9.17, 15) is 9.59 Å². The van der Waals surface area contributed by atoms with Gasteiger partial charge in [0.05, 0.1) is 6.54 Å². The van der Waals surface area contributed by atoms with E-state index in [1.54, 1.807) is 45.0 Å². The van der Waals surface area contributed by atoms with Gasteiger partial charge in [0.25, 0.3) is 0 Å². The molecular formula is C14H17N3O4. The van der Waals surface area contributed by atoms with Crippen molar-refractivity contribution in [2.24, 2.45) is 5.11 Å². The second kappa shape index (κ2) is 7.31. The van der Waals surface area contributed by atoms with E-state index in [2.05, 4.69) is 10.0 Å². The summed E-state index contributed by atoms with van der Waals surface area (Å²) in [7, 11) is 0. The summed E-state index contributed by atoms with van der Waals surface area (Å²) in [6, 6.07) is 6.21. The first-order valence-electron chi connectivity index (χ1n) is 6.30. The van der Waals surface area contributed by atoms with Crippen LogP contribution in [-0.4, -0.2) is 30.5 Å². The highest BCUT2D eigenvalue weighted by atomic mass is 16.6. The number of ether oxygens (including phenoxy) is 2. The van der Waals surface area contributed by atoms with Crippen LogP contribution in [0.5, 0.6) is 5.75 Å². The molecule has 7 nitrogen and oxygen atoms in total. The largest absolute Gasteiger partial charge is 0.482 e. The number of rotatable bonds is 6. The first-order chi connectivity index (χ1) is 9.81. The molecule has 112 valence electrons. The first-order valence-corrected chi connectivity index (χ1v) is 6.30. The highest BCUT2D eigenvalue weighted by molar-refractivity contribution is 5.97. The third-order valence-electron chi connectivity index (χ3n) is 2.23. The zero-order valence-electron chi connectivity index (χ0n) is 12.2. The molecule has 0 radical (unpaired) electrons. The molecule has 0 unspecified atom stereocenters. The van der Waals surface area contributed by atoms with Crippen molar-refractivity contribution in [1.82, 2.24) is 0 Å². The van der Waals surface area contributed by atoms with Crippen LogP contribution >= 0.6 is 0 Å². The van der Waals surface area contributed by atoms with Crippen molar-refractivity contribution in [2.75, 3.05) is 13.2 Å². The number of carbonyl (C=O) groups is 2. The van der Waals surface area contributed by atoms with Gasteiger partial charge in [0, 0.05) is 10.5 Å². The number of carbonyl (C=O) groups excluding carboxylic acids is 2. The Morgan fingerprint density at radius 1 is 1.24 bits per heavy atom. The molecule has 0 bridgehead atoms. The topological polar surface area (TPSA) is 101 Å². The van der Waals surface area contributed by atoms with Gasteiger partial charge in [0.2, 0.25) is 0 Å². The lowest BCUT2D eigenvalue weighted by Crippen LogP contribution is -2.27. The van der Waals surface area contributed by atoms with Gasteiger partial charge in [0.1, 0.15) is 11.4 Å². The van der Waals surface area contributed by atoms with Crippen molar-refractivity contribution in [3.8, 4) is 5.75 Å². The van der Waals surface area contributed by atoms with E-state index in [0.29, 0.717) is 11.3 Å². The summed E-state index contributed by atoms with van der Waals surface area (Å²) in [5.74, 6) is -0.307. The number of hydrogen-bond acceptors (Lipinski definition) is 5. The highest BCUT2D eigenvalue weighted by Gasteiger charge is 2.16. The average molecular weight is 291 g/mol. The summed E-state index contributed by atoms with van der Waals surface area (Å²) in [5, 5.41) is 3.20.